The zero-order chi connectivity index (χ0) is 9.90. The Kier molecular flexibility index (Phi) is 3.25. The summed E-state index contributed by atoms with van der Waals surface area (Å²) < 4.78 is 17.5. The second kappa shape index (κ2) is 4.05. The second-order valence-electron chi connectivity index (χ2n) is 4.01. The quantitative estimate of drug-likeness (QED) is 0.720. The number of alkyl halides is 1. The van der Waals surface area contributed by atoms with Crippen LogP contribution in [0.15, 0.2) is 0 Å². The topological polar surface area (TPSA) is 38.3 Å². The first kappa shape index (κ1) is 10.4. The minimum atomic E-state index is -0.775. The summed E-state index contributed by atoms with van der Waals surface area (Å²) >= 11 is 0. The van der Waals surface area contributed by atoms with Gasteiger partial charge in [0.05, 0.1) is 5.54 Å². The van der Waals surface area contributed by atoms with Gasteiger partial charge in [0, 0.05) is 6.61 Å². The van der Waals surface area contributed by atoms with Crippen LogP contribution in [0.5, 0.6) is 0 Å². The van der Waals surface area contributed by atoms with E-state index < -0.39 is 12.2 Å². The van der Waals surface area contributed by atoms with E-state index in [4.69, 9.17) is 4.74 Å². The maximum Gasteiger partial charge on any atom is 0.249 e. The lowest BCUT2D eigenvalue weighted by Crippen LogP contribution is -2.49. The van der Waals surface area contributed by atoms with Crippen molar-refractivity contribution in [2.45, 2.75) is 38.3 Å². The second-order valence-corrected chi connectivity index (χ2v) is 4.01. The molecule has 1 aliphatic rings. The van der Waals surface area contributed by atoms with Gasteiger partial charge in [-0.3, -0.25) is 4.79 Å². The highest BCUT2D eigenvalue weighted by Crippen LogP contribution is 2.13. The Morgan fingerprint density at radius 1 is 1.69 bits per heavy atom. The molecule has 1 saturated heterocycles. The molecule has 1 rings (SSSR count). The summed E-state index contributed by atoms with van der Waals surface area (Å²) in [6.45, 7) is 3.37. The van der Waals surface area contributed by atoms with Gasteiger partial charge in [0.25, 0.3) is 0 Å². The SMILES string of the molecule is CC(C)(CF)NC(=O)C1CCCO1. The molecule has 0 bridgehead atoms. The third-order valence-electron chi connectivity index (χ3n) is 2.02. The van der Waals surface area contributed by atoms with Crippen LogP contribution in [0.25, 0.3) is 0 Å². The number of hydrogen-bond donors (Lipinski definition) is 1. The summed E-state index contributed by atoms with van der Waals surface area (Å²) in [4.78, 5) is 11.4. The van der Waals surface area contributed by atoms with Crippen LogP contribution in [0, 0.1) is 0 Å². The predicted molar refractivity (Wildman–Crippen MR) is 47.2 cm³/mol. The molecule has 0 aromatic carbocycles. The first-order chi connectivity index (χ1) is 6.05. The van der Waals surface area contributed by atoms with E-state index in [-0.39, 0.29) is 12.0 Å². The van der Waals surface area contributed by atoms with Crippen molar-refractivity contribution in [2.75, 3.05) is 13.3 Å². The fourth-order valence-corrected chi connectivity index (χ4v) is 1.23. The normalized spacial score (nSPS) is 23.2. The van der Waals surface area contributed by atoms with E-state index >= 15 is 0 Å². The average Bonchev–Trinajstić information content (AvgIpc) is 2.55. The van der Waals surface area contributed by atoms with E-state index in [0.717, 1.165) is 12.8 Å². The number of hydrogen-bond acceptors (Lipinski definition) is 2. The first-order valence-electron chi connectivity index (χ1n) is 4.55. The molecule has 1 fully saturated rings. The summed E-state index contributed by atoms with van der Waals surface area (Å²) in [5, 5.41) is 2.61. The van der Waals surface area contributed by atoms with Crippen LogP contribution < -0.4 is 5.32 Å². The summed E-state index contributed by atoms with van der Waals surface area (Å²) in [7, 11) is 0. The van der Waals surface area contributed by atoms with Crippen LogP contribution >= 0.6 is 0 Å². The van der Waals surface area contributed by atoms with Crippen LogP contribution in [-0.2, 0) is 9.53 Å². The molecule has 1 aliphatic heterocycles. The third-order valence-corrected chi connectivity index (χ3v) is 2.02. The van der Waals surface area contributed by atoms with Crippen LogP contribution in [0.2, 0.25) is 0 Å². The van der Waals surface area contributed by atoms with Crippen molar-refractivity contribution < 1.29 is 13.9 Å². The number of rotatable bonds is 3. The molecule has 3 nitrogen and oxygen atoms in total. The Hall–Kier alpha value is -0.640. The minimum absolute atomic E-state index is 0.194. The van der Waals surface area contributed by atoms with Gasteiger partial charge in [-0.15, -0.1) is 0 Å². The van der Waals surface area contributed by atoms with Gasteiger partial charge >= 0.3 is 0 Å². The Bertz CT molecular complexity index is 188. The van der Waals surface area contributed by atoms with Gasteiger partial charge in [-0.05, 0) is 26.7 Å². The number of nitrogens with one attached hydrogen (secondary N) is 1. The molecule has 0 saturated carbocycles. The van der Waals surface area contributed by atoms with E-state index in [9.17, 15) is 9.18 Å². The molecule has 0 aromatic rings. The summed E-state index contributed by atoms with van der Waals surface area (Å²) in [5.41, 5.74) is -0.775. The fraction of sp³-hybridized carbons (Fsp3) is 0.889. The standard InChI is InChI=1S/C9H16FNO2/c1-9(2,6-10)11-8(12)7-4-3-5-13-7/h7H,3-6H2,1-2H3,(H,11,12). The maximum absolute atomic E-state index is 12.4. The highest BCUT2D eigenvalue weighted by Gasteiger charge is 2.28. The third kappa shape index (κ3) is 2.95. The molecule has 0 radical (unpaired) electrons. The Morgan fingerprint density at radius 2 is 2.38 bits per heavy atom. The molecule has 1 amide bonds. The monoisotopic (exact) mass is 189 g/mol. The molecular formula is C9H16FNO2. The summed E-state index contributed by atoms with van der Waals surface area (Å²) in [5.74, 6) is -0.194. The molecule has 0 aromatic heterocycles. The lowest BCUT2D eigenvalue weighted by molar-refractivity contribution is -0.131. The average molecular weight is 189 g/mol. The van der Waals surface area contributed by atoms with Gasteiger partial charge in [0.2, 0.25) is 5.91 Å². The highest BCUT2D eigenvalue weighted by molar-refractivity contribution is 5.81. The van der Waals surface area contributed by atoms with Crippen LogP contribution in [-0.4, -0.2) is 30.8 Å². The molecule has 1 atom stereocenters. The molecule has 0 aliphatic carbocycles. The molecule has 4 heteroatoms. The van der Waals surface area contributed by atoms with Gasteiger partial charge < -0.3 is 10.1 Å². The summed E-state index contributed by atoms with van der Waals surface area (Å²) in [6, 6.07) is 0. The zero-order valence-electron chi connectivity index (χ0n) is 8.10. The smallest absolute Gasteiger partial charge is 0.249 e. The van der Waals surface area contributed by atoms with Gasteiger partial charge in [-0.2, -0.15) is 0 Å². The Morgan fingerprint density at radius 3 is 2.85 bits per heavy atom. The fourth-order valence-electron chi connectivity index (χ4n) is 1.23. The predicted octanol–water partition coefficient (Wildman–Crippen LogP) is 1.03. The number of amides is 1. The number of ether oxygens (including phenoxy) is 1. The Balaban J connectivity index is 2.40. The van der Waals surface area contributed by atoms with E-state index in [2.05, 4.69) is 5.32 Å². The first-order valence-corrected chi connectivity index (χ1v) is 4.55. The van der Waals surface area contributed by atoms with Gasteiger partial charge in [0.15, 0.2) is 0 Å². The molecule has 76 valence electrons. The van der Waals surface area contributed by atoms with Crippen LogP contribution in [0.1, 0.15) is 26.7 Å². The van der Waals surface area contributed by atoms with Crippen molar-refractivity contribution >= 4 is 5.91 Å². The van der Waals surface area contributed by atoms with Crippen molar-refractivity contribution in [1.29, 1.82) is 0 Å². The number of carbonyl (C=O) groups is 1. The molecule has 1 heterocycles. The van der Waals surface area contributed by atoms with Gasteiger partial charge in [-0.25, -0.2) is 4.39 Å². The minimum Gasteiger partial charge on any atom is -0.368 e. The number of halogens is 1. The largest absolute Gasteiger partial charge is 0.368 e. The maximum atomic E-state index is 12.4. The van der Waals surface area contributed by atoms with Crippen molar-refractivity contribution in [2.24, 2.45) is 0 Å². The lowest BCUT2D eigenvalue weighted by atomic mass is 10.1. The van der Waals surface area contributed by atoms with Crippen molar-refractivity contribution in [3.05, 3.63) is 0 Å². The Labute approximate surface area is 77.6 Å². The van der Waals surface area contributed by atoms with Crippen molar-refractivity contribution in [3.8, 4) is 0 Å². The van der Waals surface area contributed by atoms with E-state index in [1.165, 1.54) is 0 Å². The molecule has 0 spiro atoms. The van der Waals surface area contributed by atoms with Crippen LogP contribution in [0.3, 0.4) is 0 Å². The zero-order valence-corrected chi connectivity index (χ0v) is 8.10. The van der Waals surface area contributed by atoms with E-state index in [0.29, 0.717) is 6.61 Å². The van der Waals surface area contributed by atoms with Crippen molar-refractivity contribution in [1.82, 2.24) is 5.32 Å². The molecule has 1 unspecified atom stereocenters. The molecule has 13 heavy (non-hydrogen) atoms. The van der Waals surface area contributed by atoms with E-state index in [1.807, 2.05) is 0 Å². The molecule has 1 N–H and O–H groups in total. The lowest BCUT2D eigenvalue weighted by Gasteiger charge is -2.24. The summed E-state index contributed by atoms with van der Waals surface area (Å²) in [6.07, 6.45) is 1.29. The van der Waals surface area contributed by atoms with Crippen molar-refractivity contribution in [3.63, 3.8) is 0 Å². The van der Waals surface area contributed by atoms with E-state index in [1.54, 1.807) is 13.8 Å². The van der Waals surface area contributed by atoms with Gasteiger partial charge in [0.1, 0.15) is 12.8 Å². The van der Waals surface area contributed by atoms with Crippen LogP contribution in [0.4, 0.5) is 4.39 Å². The number of carbonyl (C=O) groups excluding carboxylic acids is 1. The highest BCUT2D eigenvalue weighted by atomic mass is 19.1. The van der Waals surface area contributed by atoms with Gasteiger partial charge in [-0.1, -0.05) is 0 Å². The molecular weight excluding hydrogens is 173 g/mol.